The van der Waals surface area contributed by atoms with E-state index >= 15 is 0 Å². The van der Waals surface area contributed by atoms with Crippen LogP contribution in [0.1, 0.15) is 17.5 Å². The zero-order chi connectivity index (χ0) is 12.5. The second-order valence-electron chi connectivity index (χ2n) is 4.82. The van der Waals surface area contributed by atoms with Crippen molar-refractivity contribution in [1.82, 2.24) is 0 Å². The van der Waals surface area contributed by atoms with Gasteiger partial charge in [0.1, 0.15) is 5.82 Å². The topological polar surface area (TPSA) is 12.0 Å². The van der Waals surface area contributed by atoms with Crippen molar-refractivity contribution in [2.45, 2.75) is 19.8 Å². The van der Waals surface area contributed by atoms with Gasteiger partial charge in [-0.3, -0.25) is 0 Å². The third-order valence-electron chi connectivity index (χ3n) is 3.58. The summed E-state index contributed by atoms with van der Waals surface area (Å²) in [6, 6.07) is 11.2. The number of fused-ring (bicyclic) bond motifs is 1. The van der Waals surface area contributed by atoms with E-state index in [0.29, 0.717) is 0 Å². The van der Waals surface area contributed by atoms with Crippen LogP contribution in [0.15, 0.2) is 36.4 Å². The van der Waals surface area contributed by atoms with E-state index in [1.165, 1.54) is 17.3 Å². The third-order valence-corrected chi connectivity index (χ3v) is 3.58. The molecule has 2 heteroatoms. The maximum atomic E-state index is 13.4. The molecule has 1 aliphatic rings. The van der Waals surface area contributed by atoms with Gasteiger partial charge in [0.2, 0.25) is 0 Å². The molecule has 0 unspecified atom stereocenters. The lowest BCUT2D eigenvalue weighted by Gasteiger charge is -2.21. The van der Waals surface area contributed by atoms with Gasteiger partial charge in [0.25, 0.3) is 0 Å². The summed E-state index contributed by atoms with van der Waals surface area (Å²) >= 11 is 0. The highest BCUT2D eigenvalue weighted by atomic mass is 19.1. The Morgan fingerprint density at radius 1 is 1.11 bits per heavy atom. The molecule has 2 aromatic carbocycles. The van der Waals surface area contributed by atoms with Gasteiger partial charge in [-0.25, -0.2) is 4.39 Å². The predicted molar refractivity (Wildman–Crippen MR) is 73.4 cm³/mol. The Kier molecular flexibility index (Phi) is 2.78. The van der Waals surface area contributed by atoms with E-state index in [0.717, 1.165) is 36.1 Å². The van der Waals surface area contributed by atoms with Crippen LogP contribution in [0, 0.1) is 12.7 Å². The summed E-state index contributed by atoms with van der Waals surface area (Å²) < 4.78 is 13.4. The third kappa shape index (κ3) is 1.88. The van der Waals surface area contributed by atoms with Crippen LogP contribution in [0.25, 0.3) is 11.1 Å². The second-order valence-corrected chi connectivity index (χ2v) is 4.82. The van der Waals surface area contributed by atoms with Crippen LogP contribution < -0.4 is 5.32 Å². The van der Waals surface area contributed by atoms with Crippen molar-refractivity contribution in [2.75, 3.05) is 11.9 Å². The van der Waals surface area contributed by atoms with Gasteiger partial charge in [-0.2, -0.15) is 0 Å². The van der Waals surface area contributed by atoms with Gasteiger partial charge in [0, 0.05) is 12.2 Å². The first-order valence-corrected chi connectivity index (χ1v) is 6.38. The van der Waals surface area contributed by atoms with Crippen molar-refractivity contribution in [3.8, 4) is 11.1 Å². The van der Waals surface area contributed by atoms with Crippen molar-refractivity contribution in [3.05, 3.63) is 53.3 Å². The van der Waals surface area contributed by atoms with Crippen LogP contribution in [0.2, 0.25) is 0 Å². The van der Waals surface area contributed by atoms with Gasteiger partial charge in [-0.1, -0.05) is 18.2 Å². The molecule has 3 rings (SSSR count). The van der Waals surface area contributed by atoms with E-state index in [4.69, 9.17) is 0 Å². The number of anilines is 1. The molecule has 2 aromatic rings. The zero-order valence-corrected chi connectivity index (χ0v) is 10.5. The summed E-state index contributed by atoms with van der Waals surface area (Å²) in [5, 5.41) is 3.41. The minimum absolute atomic E-state index is 0.169. The molecule has 0 atom stereocenters. The Morgan fingerprint density at radius 2 is 2.00 bits per heavy atom. The predicted octanol–water partition coefficient (Wildman–Crippen LogP) is 4.16. The second kappa shape index (κ2) is 4.45. The molecule has 0 spiro atoms. The van der Waals surface area contributed by atoms with Gasteiger partial charge in [0.05, 0.1) is 0 Å². The molecule has 18 heavy (non-hydrogen) atoms. The molecule has 92 valence electrons. The lowest BCUT2D eigenvalue weighted by atomic mass is 9.91. The van der Waals surface area contributed by atoms with Crippen LogP contribution in [-0.4, -0.2) is 6.54 Å². The highest BCUT2D eigenvalue weighted by Gasteiger charge is 2.14. The molecule has 0 saturated carbocycles. The molecule has 0 amide bonds. The summed E-state index contributed by atoms with van der Waals surface area (Å²) in [4.78, 5) is 0. The molecular formula is C16H16FN. The number of benzene rings is 2. The summed E-state index contributed by atoms with van der Waals surface area (Å²) in [6.45, 7) is 3.06. The summed E-state index contributed by atoms with van der Waals surface area (Å²) in [5.74, 6) is -0.169. The highest BCUT2D eigenvalue weighted by molar-refractivity contribution is 5.76. The molecule has 0 aromatic heterocycles. The average Bonchev–Trinajstić information content (AvgIpc) is 2.41. The smallest absolute Gasteiger partial charge is 0.123 e. The monoisotopic (exact) mass is 241 g/mol. The molecule has 0 saturated heterocycles. The van der Waals surface area contributed by atoms with E-state index in [9.17, 15) is 4.39 Å². The highest BCUT2D eigenvalue weighted by Crippen LogP contribution is 2.34. The fourth-order valence-corrected chi connectivity index (χ4v) is 2.65. The van der Waals surface area contributed by atoms with Crippen molar-refractivity contribution in [1.29, 1.82) is 0 Å². The number of hydrogen-bond acceptors (Lipinski definition) is 1. The van der Waals surface area contributed by atoms with E-state index in [2.05, 4.69) is 17.4 Å². The van der Waals surface area contributed by atoms with Gasteiger partial charge in [-0.05, 0) is 60.2 Å². The van der Waals surface area contributed by atoms with Gasteiger partial charge < -0.3 is 5.32 Å². The van der Waals surface area contributed by atoms with Crippen LogP contribution in [0.4, 0.5) is 10.1 Å². The van der Waals surface area contributed by atoms with Crippen molar-refractivity contribution in [2.24, 2.45) is 0 Å². The molecular weight excluding hydrogens is 225 g/mol. The number of hydrogen-bond donors (Lipinski definition) is 1. The van der Waals surface area contributed by atoms with E-state index in [1.807, 2.05) is 19.1 Å². The first-order chi connectivity index (χ1) is 8.75. The van der Waals surface area contributed by atoms with E-state index < -0.39 is 0 Å². The zero-order valence-electron chi connectivity index (χ0n) is 10.5. The van der Waals surface area contributed by atoms with Crippen molar-refractivity contribution >= 4 is 5.69 Å². The summed E-state index contributed by atoms with van der Waals surface area (Å²) in [6.07, 6.45) is 2.20. The molecule has 0 aliphatic carbocycles. The van der Waals surface area contributed by atoms with Crippen molar-refractivity contribution in [3.63, 3.8) is 0 Å². The summed E-state index contributed by atoms with van der Waals surface area (Å²) in [7, 11) is 0. The molecule has 1 aliphatic heterocycles. The van der Waals surface area contributed by atoms with Gasteiger partial charge in [0.15, 0.2) is 0 Å². The normalized spacial score (nSPS) is 13.9. The van der Waals surface area contributed by atoms with Crippen LogP contribution in [0.5, 0.6) is 0 Å². The van der Waals surface area contributed by atoms with E-state index in [-0.39, 0.29) is 5.82 Å². The largest absolute Gasteiger partial charge is 0.385 e. The van der Waals surface area contributed by atoms with Crippen molar-refractivity contribution < 1.29 is 4.39 Å². The minimum Gasteiger partial charge on any atom is -0.385 e. The number of halogens is 1. The number of nitrogens with one attached hydrogen (secondary N) is 1. The Labute approximate surface area is 107 Å². The maximum Gasteiger partial charge on any atom is 0.123 e. The maximum absolute atomic E-state index is 13.4. The fourth-order valence-electron chi connectivity index (χ4n) is 2.65. The fraction of sp³-hybridized carbons (Fsp3) is 0.250. The lowest BCUT2D eigenvalue weighted by molar-refractivity contribution is 0.628. The number of aryl methyl sites for hydroxylation is 1. The average molecular weight is 241 g/mol. The first kappa shape index (κ1) is 11.3. The minimum atomic E-state index is -0.169. The first-order valence-electron chi connectivity index (χ1n) is 6.38. The van der Waals surface area contributed by atoms with Gasteiger partial charge >= 0.3 is 0 Å². The van der Waals surface area contributed by atoms with Crippen LogP contribution in [0.3, 0.4) is 0 Å². The molecule has 0 fully saturated rings. The molecule has 0 bridgehead atoms. The lowest BCUT2D eigenvalue weighted by Crippen LogP contribution is -2.12. The van der Waals surface area contributed by atoms with Crippen LogP contribution in [-0.2, 0) is 6.42 Å². The molecule has 1 N–H and O–H groups in total. The molecule has 1 heterocycles. The standard InChI is InChI=1S/C16H16FN/c1-11-7-8-12(17)10-15(11)13-4-2-6-16-14(13)5-3-9-18-16/h2,4,6-8,10,18H,3,5,9H2,1H3. The van der Waals surface area contributed by atoms with Gasteiger partial charge in [-0.15, -0.1) is 0 Å². The Balaban J connectivity index is 2.19. The SMILES string of the molecule is Cc1ccc(F)cc1-c1cccc2c1CCCN2. The summed E-state index contributed by atoms with van der Waals surface area (Å²) in [5.41, 5.74) is 5.81. The molecule has 1 nitrogen and oxygen atoms in total. The quantitative estimate of drug-likeness (QED) is 0.790. The molecule has 0 radical (unpaired) electrons. The Morgan fingerprint density at radius 3 is 2.89 bits per heavy atom. The Hall–Kier alpha value is -1.83. The van der Waals surface area contributed by atoms with Crippen LogP contribution >= 0.6 is 0 Å². The Bertz CT molecular complexity index is 590. The number of rotatable bonds is 1. The van der Waals surface area contributed by atoms with E-state index in [1.54, 1.807) is 6.07 Å².